The smallest absolute Gasteiger partial charge is 0.0795 e. The number of hydrogen-bond donors (Lipinski definition) is 1. The topological polar surface area (TPSA) is 24.9 Å². The first-order chi connectivity index (χ1) is 7.66. The molecule has 0 aliphatic heterocycles. The van der Waals surface area contributed by atoms with Gasteiger partial charge in [-0.15, -0.1) is 11.3 Å². The lowest BCUT2D eigenvalue weighted by atomic mass is 9.85. The van der Waals surface area contributed by atoms with Crippen LogP contribution in [0.3, 0.4) is 0 Å². The summed E-state index contributed by atoms with van der Waals surface area (Å²) in [7, 11) is 0. The van der Waals surface area contributed by atoms with Gasteiger partial charge in [0.1, 0.15) is 0 Å². The Bertz CT molecular complexity index is 306. The van der Waals surface area contributed by atoms with Crippen LogP contribution in [0, 0.1) is 5.41 Å². The average Bonchev–Trinajstić information content (AvgIpc) is 2.68. The summed E-state index contributed by atoms with van der Waals surface area (Å²) in [5.41, 5.74) is 3.65. The fourth-order valence-corrected chi connectivity index (χ4v) is 3.00. The molecule has 0 aromatic carbocycles. The van der Waals surface area contributed by atoms with Crippen LogP contribution in [0.4, 0.5) is 0 Å². The highest BCUT2D eigenvalue weighted by molar-refractivity contribution is 7.07. The highest BCUT2D eigenvalue weighted by atomic mass is 32.1. The van der Waals surface area contributed by atoms with E-state index in [9.17, 15) is 0 Å². The number of nitrogens with zero attached hydrogens (tertiary/aromatic N) is 1. The van der Waals surface area contributed by atoms with Gasteiger partial charge in [-0.25, -0.2) is 4.98 Å². The van der Waals surface area contributed by atoms with Crippen LogP contribution in [-0.2, 0) is 6.54 Å². The summed E-state index contributed by atoms with van der Waals surface area (Å²) in [5, 5.41) is 5.78. The van der Waals surface area contributed by atoms with Gasteiger partial charge in [0.2, 0.25) is 0 Å². The van der Waals surface area contributed by atoms with Crippen molar-refractivity contribution in [2.24, 2.45) is 5.41 Å². The van der Waals surface area contributed by atoms with E-state index in [1.54, 1.807) is 11.3 Å². The first-order valence-electron chi connectivity index (χ1n) is 6.26. The van der Waals surface area contributed by atoms with E-state index in [1.165, 1.54) is 37.8 Å². The molecule has 16 heavy (non-hydrogen) atoms. The summed E-state index contributed by atoms with van der Waals surface area (Å²) in [5.74, 6) is 0. The van der Waals surface area contributed by atoms with Crippen molar-refractivity contribution < 1.29 is 0 Å². The van der Waals surface area contributed by atoms with E-state index < -0.39 is 0 Å². The van der Waals surface area contributed by atoms with E-state index in [2.05, 4.69) is 29.5 Å². The largest absolute Gasteiger partial charge is 0.308 e. The maximum Gasteiger partial charge on any atom is 0.0795 e. The van der Waals surface area contributed by atoms with Crippen LogP contribution in [-0.4, -0.2) is 11.0 Å². The summed E-state index contributed by atoms with van der Waals surface area (Å²) in [4.78, 5) is 4.31. The third-order valence-electron chi connectivity index (χ3n) is 3.63. The van der Waals surface area contributed by atoms with Gasteiger partial charge < -0.3 is 5.32 Å². The van der Waals surface area contributed by atoms with Gasteiger partial charge in [-0.3, -0.25) is 0 Å². The van der Waals surface area contributed by atoms with Crippen molar-refractivity contribution in [2.45, 2.75) is 58.5 Å². The Hall–Kier alpha value is -0.410. The second kappa shape index (κ2) is 5.28. The van der Waals surface area contributed by atoms with Crippen molar-refractivity contribution in [3.8, 4) is 0 Å². The van der Waals surface area contributed by atoms with E-state index >= 15 is 0 Å². The molecule has 1 N–H and O–H groups in total. The Labute approximate surface area is 102 Å². The summed E-state index contributed by atoms with van der Waals surface area (Å²) >= 11 is 1.68. The predicted molar refractivity (Wildman–Crippen MR) is 69.6 cm³/mol. The zero-order valence-electron chi connectivity index (χ0n) is 10.3. The zero-order chi connectivity index (χ0) is 11.4. The van der Waals surface area contributed by atoms with E-state index in [0.717, 1.165) is 6.54 Å². The number of hydrogen-bond acceptors (Lipinski definition) is 3. The van der Waals surface area contributed by atoms with Gasteiger partial charge in [0.15, 0.2) is 0 Å². The molecular weight excluding hydrogens is 216 g/mol. The van der Waals surface area contributed by atoms with Crippen LogP contribution >= 0.6 is 11.3 Å². The molecule has 1 aliphatic rings. The molecule has 90 valence electrons. The molecule has 3 heteroatoms. The third kappa shape index (κ3) is 3.56. The molecule has 1 aromatic rings. The summed E-state index contributed by atoms with van der Waals surface area (Å²) in [6, 6.07) is 0.698. The van der Waals surface area contributed by atoms with Gasteiger partial charge in [-0.1, -0.05) is 20.3 Å². The number of nitrogens with one attached hydrogen (secondary N) is 1. The van der Waals surface area contributed by atoms with Gasteiger partial charge in [0, 0.05) is 18.0 Å². The molecule has 1 fully saturated rings. The van der Waals surface area contributed by atoms with Gasteiger partial charge >= 0.3 is 0 Å². The van der Waals surface area contributed by atoms with E-state index in [1.807, 2.05) is 5.51 Å². The minimum atomic E-state index is 0.553. The average molecular weight is 238 g/mol. The molecule has 1 aliphatic carbocycles. The van der Waals surface area contributed by atoms with Crippen molar-refractivity contribution in [1.29, 1.82) is 0 Å². The van der Waals surface area contributed by atoms with E-state index in [4.69, 9.17) is 0 Å². The first kappa shape index (κ1) is 12.1. The molecule has 0 spiro atoms. The Morgan fingerprint density at radius 3 is 3.06 bits per heavy atom. The maximum absolute atomic E-state index is 4.31. The second-order valence-electron chi connectivity index (χ2n) is 5.65. The van der Waals surface area contributed by atoms with Crippen LogP contribution in [0.2, 0.25) is 0 Å². The van der Waals surface area contributed by atoms with Crippen molar-refractivity contribution in [3.63, 3.8) is 0 Å². The number of aromatic nitrogens is 1. The lowest BCUT2D eigenvalue weighted by molar-refractivity contribution is 0.309. The summed E-state index contributed by atoms with van der Waals surface area (Å²) in [6.07, 6.45) is 6.73. The van der Waals surface area contributed by atoms with Gasteiger partial charge in [0.05, 0.1) is 11.2 Å². The normalized spacial score (nSPS) is 25.2. The molecule has 0 radical (unpaired) electrons. The molecule has 1 aromatic heterocycles. The van der Waals surface area contributed by atoms with Crippen molar-refractivity contribution in [3.05, 3.63) is 16.6 Å². The fourth-order valence-electron chi connectivity index (χ4n) is 2.44. The van der Waals surface area contributed by atoms with Gasteiger partial charge in [-0.05, 0) is 31.1 Å². The molecule has 1 saturated carbocycles. The molecule has 0 bridgehead atoms. The molecular formula is C13H22N2S. The maximum atomic E-state index is 4.31. The monoisotopic (exact) mass is 238 g/mol. The molecule has 2 rings (SSSR count). The van der Waals surface area contributed by atoms with Crippen molar-refractivity contribution in [1.82, 2.24) is 10.3 Å². The Morgan fingerprint density at radius 1 is 1.44 bits per heavy atom. The summed E-state index contributed by atoms with van der Waals surface area (Å²) in [6.45, 7) is 5.74. The first-order valence-corrected chi connectivity index (χ1v) is 7.20. The fraction of sp³-hybridized carbons (Fsp3) is 0.769. The molecule has 1 heterocycles. The lowest BCUT2D eigenvalue weighted by Crippen LogP contribution is -2.28. The van der Waals surface area contributed by atoms with E-state index in [0.29, 0.717) is 11.5 Å². The SMILES string of the molecule is CC1(C)CCCC(NCc2cscn2)CC1. The van der Waals surface area contributed by atoms with Crippen LogP contribution in [0.15, 0.2) is 10.9 Å². The molecule has 1 atom stereocenters. The molecule has 0 amide bonds. The number of thiazole rings is 1. The molecule has 2 nitrogen and oxygen atoms in total. The van der Waals surface area contributed by atoms with Crippen LogP contribution in [0.25, 0.3) is 0 Å². The molecule has 0 saturated heterocycles. The highest BCUT2D eigenvalue weighted by Crippen LogP contribution is 2.33. The summed E-state index contributed by atoms with van der Waals surface area (Å²) < 4.78 is 0. The number of rotatable bonds is 3. The van der Waals surface area contributed by atoms with Crippen LogP contribution in [0.1, 0.15) is 51.6 Å². The van der Waals surface area contributed by atoms with E-state index in [-0.39, 0.29) is 0 Å². The van der Waals surface area contributed by atoms with Crippen LogP contribution in [0.5, 0.6) is 0 Å². The zero-order valence-corrected chi connectivity index (χ0v) is 11.1. The minimum absolute atomic E-state index is 0.553. The Morgan fingerprint density at radius 2 is 2.31 bits per heavy atom. The Kier molecular flexibility index (Phi) is 3.98. The van der Waals surface area contributed by atoms with Crippen molar-refractivity contribution in [2.75, 3.05) is 0 Å². The second-order valence-corrected chi connectivity index (χ2v) is 6.37. The minimum Gasteiger partial charge on any atom is -0.308 e. The van der Waals surface area contributed by atoms with Gasteiger partial charge in [0.25, 0.3) is 0 Å². The highest BCUT2D eigenvalue weighted by Gasteiger charge is 2.23. The third-order valence-corrected chi connectivity index (χ3v) is 4.27. The van der Waals surface area contributed by atoms with Crippen molar-refractivity contribution >= 4 is 11.3 Å². The van der Waals surface area contributed by atoms with Gasteiger partial charge in [-0.2, -0.15) is 0 Å². The Balaban J connectivity index is 1.78. The quantitative estimate of drug-likeness (QED) is 0.814. The van der Waals surface area contributed by atoms with Crippen LogP contribution < -0.4 is 5.32 Å². The standard InChI is InChI=1S/C13H22N2S/c1-13(2)6-3-4-11(5-7-13)14-8-12-9-16-10-15-12/h9-11,14H,3-8H2,1-2H3. The molecule has 1 unspecified atom stereocenters. The lowest BCUT2D eigenvalue weighted by Gasteiger charge is -2.22. The predicted octanol–water partition coefficient (Wildman–Crippen LogP) is 3.59.